The molecule has 1 aromatic carbocycles. The highest BCUT2D eigenvalue weighted by Gasteiger charge is 2.28. The number of nitrogens with zero attached hydrogens (tertiary/aromatic N) is 1. The highest BCUT2D eigenvalue weighted by molar-refractivity contribution is 6.04. The van der Waals surface area contributed by atoms with Gasteiger partial charge >= 0.3 is 0 Å². The summed E-state index contributed by atoms with van der Waals surface area (Å²) in [5.41, 5.74) is 1.76. The number of aliphatic hydroxyl groups is 1. The molecule has 0 radical (unpaired) electrons. The summed E-state index contributed by atoms with van der Waals surface area (Å²) in [4.78, 5) is 16.8. The zero-order valence-corrected chi connectivity index (χ0v) is 10.0. The second kappa shape index (κ2) is 6.16. The first kappa shape index (κ1) is 12.6. The van der Waals surface area contributed by atoms with Crippen LogP contribution < -0.4 is 5.32 Å². The Morgan fingerprint density at radius 1 is 1.44 bits per heavy atom. The van der Waals surface area contributed by atoms with Crippen molar-refractivity contribution >= 4 is 11.6 Å². The van der Waals surface area contributed by atoms with Crippen molar-refractivity contribution in [1.29, 1.82) is 0 Å². The molecule has 0 spiro atoms. The summed E-state index contributed by atoms with van der Waals surface area (Å²) in [6.45, 7) is 0.521. The van der Waals surface area contributed by atoms with Crippen molar-refractivity contribution in [3.05, 3.63) is 35.9 Å². The van der Waals surface area contributed by atoms with E-state index in [0.717, 1.165) is 11.3 Å². The van der Waals surface area contributed by atoms with E-state index in [0.29, 0.717) is 19.4 Å². The summed E-state index contributed by atoms with van der Waals surface area (Å²) in [7, 11) is 0. The quantitative estimate of drug-likeness (QED) is 0.753. The number of nitrogens with one attached hydrogen (secondary N) is 1. The van der Waals surface area contributed by atoms with E-state index in [2.05, 4.69) is 10.5 Å². The Balaban J connectivity index is 1.86. The van der Waals surface area contributed by atoms with Crippen molar-refractivity contribution < 1.29 is 14.7 Å². The van der Waals surface area contributed by atoms with E-state index in [1.807, 2.05) is 30.3 Å². The summed E-state index contributed by atoms with van der Waals surface area (Å²) >= 11 is 0. The topological polar surface area (TPSA) is 70.9 Å². The fraction of sp³-hybridized carbons (Fsp3) is 0.385. The van der Waals surface area contributed by atoms with E-state index in [1.54, 1.807) is 0 Å². The van der Waals surface area contributed by atoms with Gasteiger partial charge in [0.1, 0.15) is 0 Å². The molecule has 1 aliphatic rings. The average molecular weight is 248 g/mol. The number of amides is 1. The molecule has 0 fully saturated rings. The van der Waals surface area contributed by atoms with Crippen molar-refractivity contribution in [2.24, 2.45) is 5.16 Å². The molecule has 1 atom stereocenters. The largest absolute Gasteiger partial charge is 0.396 e. The van der Waals surface area contributed by atoms with Gasteiger partial charge in [0.2, 0.25) is 6.10 Å². The molecule has 0 bridgehead atoms. The first-order chi connectivity index (χ1) is 8.81. The van der Waals surface area contributed by atoms with Gasteiger partial charge in [0.05, 0.1) is 5.71 Å². The van der Waals surface area contributed by atoms with E-state index in [1.165, 1.54) is 0 Å². The fourth-order valence-electron chi connectivity index (χ4n) is 1.72. The number of rotatable bonds is 5. The van der Waals surface area contributed by atoms with E-state index >= 15 is 0 Å². The number of aliphatic hydroxyl groups excluding tert-OH is 1. The highest BCUT2D eigenvalue weighted by atomic mass is 16.6. The molecule has 0 saturated carbocycles. The third-order valence-electron chi connectivity index (χ3n) is 2.70. The van der Waals surface area contributed by atoms with Gasteiger partial charge in [-0.25, -0.2) is 0 Å². The van der Waals surface area contributed by atoms with Crippen LogP contribution in [0.15, 0.2) is 35.5 Å². The molecule has 0 aromatic heterocycles. The maximum absolute atomic E-state index is 11.7. The first-order valence-electron chi connectivity index (χ1n) is 5.98. The summed E-state index contributed by atoms with van der Waals surface area (Å²) in [5, 5.41) is 15.3. The number of carbonyl (C=O) groups is 1. The van der Waals surface area contributed by atoms with Crippen LogP contribution in [0.1, 0.15) is 18.4 Å². The maximum atomic E-state index is 11.7. The average Bonchev–Trinajstić information content (AvgIpc) is 2.89. The van der Waals surface area contributed by atoms with Crippen LogP contribution in [0, 0.1) is 0 Å². The Bertz CT molecular complexity index is 431. The van der Waals surface area contributed by atoms with Crippen LogP contribution in [0.25, 0.3) is 0 Å². The standard InChI is InChI=1S/C13H16N2O3/c16-8-4-7-14-13(17)12-9-11(15-18-12)10-5-2-1-3-6-10/h1-3,5-6,12,16H,4,7-9H2,(H,14,17). The lowest BCUT2D eigenvalue weighted by molar-refractivity contribution is -0.131. The molecule has 2 N–H and O–H groups in total. The van der Waals surface area contributed by atoms with Gasteiger partial charge in [-0.3, -0.25) is 4.79 Å². The van der Waals surface area contributed by atoms with Gasteiger partial charge in [-0.2, -0.15) is 0 Å². The predicted molar refractivity (Wildman–Crippen MR) is 67.2 cm³/mol. The molecule has 18 heavy (non-hydrogen) atoms. The molecule has 5 nitrogen and oxygen atoms in total. The van der Waals surface area contributed by atoms with Crippen LogP contribution in [0.2, 0.25) is 0 Å². The zero-order valence-electron chi connectivity index (χ0n) is 10.0. The van der Waals surface area contributed by atoms with E-state index in [4.69, 9.17) is 9.94 Å². The van der Waals surface area contributed by atoms with E-state index in [9.17, 15) is 4.79 Å². The third-order valence-corrected chi connectivity index (χ3v) is 2.70. The molecule has 1 unspecified atom stereocenters. The van der Waals surface area contributed by atoms with Gasteiger partial charge in [0.15, 0.2) is 0 Å². The molecule has 1 aliphatic heterocycles. The van der Waals surface area contributed by atoms with Gasteiger partial charge in [-0.1, -0.05) is 35.5 Å². The fourth-order valence-corrected chi connectivity index (χ4v) is 1.72. The Morgan fingerprint density at radius 2 is 2.22 bits per heavy atom. The van der Waals surface area contributed by atoms with Crippen LogP contribution in [0.5, 0.6) is 0 Å². The van der Waals surface area contributed by atoms with Crippen LogP contribution >= 0.6 is 0 Å². The normalized spacial score (nSPS) is 18.1. The monoisotopic (exact) mass is 248 g/mol. The highest BCUT2D eigenvalue weighted by Crippen LogP contribution is 2.16. The minimum atomic E-state index is -0.557. The lowest BCUT2D eigenvalue weighted by atomic mass is 10.0. The summed E-state index contributed by atoms with van der Waals surface area (Å²) in [6.07, 6.45) is 0.471. The Labute approximate surface area is 105 Å². The van der Waals surface area contributed by atoms with Gasteiger partial charge < -0.3 is 15.3 Å². The van der Waals surface area contributed by atoms with Crippen molar-refractivity contribution in [3.63, 3.8) is 0 Å². The summed E-state index contributed by atoms with van der Waals surface area (Å²) in [6, 6.07) is 9.65. The van der Waals surface area contributed by atoms with E-state index in [-0.39, 0.29) is 12.5 Å². The number of carbonyl (C=O) groups excluding carboxylic acids is 1. The van der Waals surface area contributed by atoms with Crippen molar-refractivity contribution in [1.82, 2.24) is 5.32 Å². The Morgan fingerprint density at radius 3 is 2.94 bits per heavy atom. The molecular formula is C13H16N2O3. The second-order valence-electron chi connectivity index (χ2n) is 4.07. The molecule has 5 heteroatoms. The number of benzene rings is 1. The molecule has 1 heterocycles. The molecule has 1 amide bonds. The Kier molecular flexibility index (Phi) is 4.30. The molecule has 96 valence electrons. The maximum Gasteiger partial charge on any atom is 0.264 e. The van der Waals surface area contributed by atoms with E-state index < -0.39 is 6.10 Å². The molecule has 2 rings (SSSR count). The van der Waals surface area contributed by atoms with Crippen LogP contribution in [-0.4, -0.2) is 36.0 Å². The number of hydrogen-bond acceptors (Lipinski definition) is 4. The Hall–Kier alpha value is -1.88. The summed E-state index contributed by atoms with van der Waals surface area (Å²) in [5.74, 6) is -0.182. The first-order valence-corrected chi connectivity index (χ1v) is 5.98. The van der Waals surface area contributed by atoms with Crippen molar-refractivity contribution in [2.75, 3.05) is 13.2 Å². The smallest absolute Gasteiger partial charge is 0.264 e. The zero-order chi connectivity index (χ0) is 12.8. The molecular weight excluding hydrogens is 232 g/mol. The van der Waals surface area contributed by atoms with Gasteiger partial charge in [0, 0.05) is 19.6 Å². The minimum Gasteiger partial charge on any atom is -0.396 e. The lowest BCUT2D eigenvalue weighted by Gasteiger charge is -2.08. The molecule has 0 aliphatic carbocycles. The molecule has 0 saturated heterocycles. The predicted octanol–water partition coefficient (Wildman–Crippen LogP) is 0.678. The molecule has 1 aromatic rings. The lowest BCUT2D eigenvalue weighted by Crippen LogP contribution is -2.35. The minimum absolute atomic E-state index is 0.0670. The van der Waals surface area contributed by atoms with Gasteiger partial charge in [-0.15, -0.1) is 0 Å². The second-order valence-corrected chi connectivity index (χ2v) is 4.07. The van der Waals surface area contributed by atoms with Crippen molar-refractivity contribution in [2.45, 2.75) is 18.9 Å². The third kappa shape index (κ3) is 3.07. The van der Waals surface area contributed by atoms with Gasteiger partial charge in [0.25, 0.3) is 5.91 Å². The van der Waals surface area contributed by atoms with Crippen molar-refractivity contribution in [3.8, 4) is 0 Å². The van der Waals surface area contributed by atoms with Gasteiger partial charge in [-0.05, 0) is 12.0 Å². The summed E-state index contributed by atoms with van der Waals surface area (Å²) < 4.78 is 0. The number of oxime groups is 1. The SMILES string of the molecule is O=C(NCCCO)C1CC(c2ccccc2)=NO1. The number of hydrogen-bond donors (Lipinski definition) is 2. The van der Waals surface area contributed by atoms with Crippen LogP contribution in [-0.2, 0) is 9.63 Å². The van der Waals surface area contributed by atoms with Crippen LogP contribution in [0.3, 0.4) is 0 Å². The van der Waals surface area contributed by atoms with Crippen LogP contribution in [0.4, 0.5) is 0 Å².